The molecule has 78 heavy (non-hydrogen) atoms. The number of ether oxygens (including phenoxy) is 7. The van der Waals surface area contributed by atoms with E-state index in [1.54, 1.807) is 66.7 Å². The number of anilines is 4. The van der Waals surface area contributed by atoms with Crippen LogP contribution in [0.15, 0.2) is 78.9 Å². The van der Waals surface area contributed by atoms with Gasteiger partial charge in [-0.2, -0.15) is 0 Å². The molecule has 422 valence electrons. The van der Waals surface area contributed by atoms with E-state index in [4.69, 9.17) is 33.2 Å². The summed E-state index contributed by atoms with van der Waals surface area (Å²) in [6.07, 6.45) is 3.32. The first-order chi connectivity index (χ1) is 37.4. The Balaban J connectivity index is 1.55. The van der Waals surface area contributed by atoms with Crippen molar-refractivity contribution in [1.29, 1.82) is 0 Å². The first-order valence-corrected chi connectivity index (χ1v) is 26.9. The highest BCUT2D eigenvalue weighted by Gasteiger charge is 2.26. The summed E-state index contributed by atoms with van der Waals surface area (Å²) >= 11 is 0. The Kier molecular flexibility index (Phi) is 23.9. The summed E-state index contributed by atoms with van der Waals surface area (Å²) in [5.74, 6) is -0.328. The molecule has 0 fully saturated rings. The number of aliphatic hydroxyl groups is 2. The van der Waals surface area contributed by atoms with Crippen LogP contribution in [0.1, 0.15) is 147 Å². The van der Waals surface area contributed by atoms with Crippen molar-refractivity contribution < 1.29 is 62.5 Å². The molecule has 0 heterocycles. The van der Waals surface area contributed by atoms with Crippen molar-refractivity contribution >= 4 is 46.4 Å². The molecule has 5 aromatic carbocycles. The second-order valence-electron chi connectivity index (χ2n) is 20.6. The first kappa shape index (κ1) is 61.4. The van der Waals surface area contributed by atoms with Crippen LogP contribution in [0.3, 0.4) is 0 Å². The smallest absolute Gasteiger partial charge is 0.259 e. The van der Waals surface area contributed by atoms with Gasteiger partial charge in [0.05, 0.1) is 105 Å². The van der Waals surface area contributed by atoms with E-state index in [2.05, 4.69) is 21.3 Å². The maximum atomic E-state index is 14.6. The second kappa shape index (κ2) is 30.4. The van der Waals surface area contributed by atoms with Gasteiger partial charge >= 0.3 is 0 Å². The quantitative estimate of drug-likeness (QED) is 0.0228. The average Bonchev–Trinajstić information content (AvgIpc) is 3.50. The van der Waals surface area contributed by atoms with E-state index in [0.29, 0.717) is 49.1 Å². The lowest BCUT2D eigenvalue weighted by molar-refractivity contribution is 0.100. The Morgan fingerprint density at radius 2 is 0.744 bits per heavy atom. The Morgan fingerprint density at radius 1 is 0.423 bits per heavy atom. The molecule has 0 aliphatic carbocycles. The van der Waals surface area contributed by atoms with Crippen molar-refractivity contribution in [1.82, 2.24) is 0 Å². The largest absolute Gasteiger partial charge is 0.495 e. The highest BCUT2D eigenvalue weighted by molar-refractivity contribution is 6.14. The maximum absolute atomic E-state index is 14.6. The van der Waals surface area contributed by atoms with Crippen molar-refractivity contribution in [2.45, 2.75) is 108 Å². The van der Waals surface area contributed by atoms with Gasteiger partial charge in [-0.05, 0) is 96.2 Å². The molecule has 6 N–H and O–H groups in total. The molecule has 5 rings (SSSR count). The van der Waals surface area contributed by atoms with Gasteiger partial charge in [-0.1, -0.05) is 100 Å². The molecule has 0 spiro atoms. The molecular formula is C61H80N4O13. The molecule has 0 aliphatic heterocycles. The zero-order chi connectivity index (χ0) is 56.9. The van der Waals surface area contributed by atoms with E-state index in [-0.39, 0.29) is 124 Å². The van der Waals surface area contributed by atoms with Crippen LogP contribution in [-0.4, -0.2) is 80.6 Å². The summed E-state index contributed by atoms with van der Waals surface area (Å²) in [4.78, 5) is 57.7. The standard InChI is InChI=1S/C61H80N4O13/c1-12-14-23-73-51-21-19-41(31-66)25-45(51)60(70)64-49-27-47(53(75-33-37(3)4)29-55(49)77-35-39(7)8)62-58(68)43-17-16-18-44(57(43)72-11)59(69)63-48-28-50(56(78-36-40(9)10)30-54(48)76-34-38(5)6)65-61(71)46-26-42(32-67)20-22-52(46)74-24-15-13-2/h16-22,25-30,37-40,66-67H,12-15,23-24,31-36H2,1-11H3,(H,62,68)(H,63,69)(H,64,70)(H,65,71). The molecule has 0 bridgehead atoms. The van der Waals surface area contributed by atoms with Crippen LogP contribution < -0.4 is 54.4 Å². The minimum Gasteiger partial charge on any atom is -0.495 e. The predicted octanol–water partition coefficient (Wildman–Crippen LogP) is 12.2. The van der Waals surface area contributed by atoms with E-state index >= 15 is 0 Å². The predicted molar refractivity (Wildman–Crippen MR) is 305 cm³/mol. The molecule has 5 aromatic rings. The number of unbranched alkanes of at least 4 members (excludes halogenated alkanes) is 2. The molecule has 0 saturated carbocycles. The number of benzene rings is 5. The number of hydrogen-bond acceptors (Lipinski definition) is 13. The van der Waals surface area contributed by atoms with E-state index in [0.717, 1.165) is 25.7 Å². The number of rotatable bonds is 31. The van der Waals surface area contributed by atoms with Crippen LogP contribution in [0.25, 0.3) is 0 Å². The van der Waals surface area contributed by atoms with Crippen LogP contribution in [0, 0.1) is 23.7 Å². The lowest BCUT2D eigenvalue weighted by atomic mass is 10.1. The Labute approximate surface area is 459 Å². The van der Waals surface area contributed by atoms with Gasteiger partial charge in [-0.15, -0.1) is 0 Å². The van der Waals surface area contributed by atoms with Crippen molar-refractivity contribution in [3.63, 3.8) is 0 Å². The van der Waals surface area contributed by atoms with E-state index < -0.39 is 23.6 Å². The van der Waals surface area contributed by atoms with Crippen molar-refractivity contribution in [2.24, 2.45) is 23.7 Å². The van der Waals surface area contributed by atoms with Crippen LogP contribution in [0.5, 0.6) is 40.2 Å². The molecule has 0 unspecified atom stereocenters. The van der Waals surface area contributed by atoms with Crippen LogP contribution >= 0.6 is 0 Å². The average molecular weight is 1080 g/mol. The van der Waals surface area contributed by atoms with Crippen molar-refractivity contribution in [3.05, 3.63) is 112 Å². The van der Waals surface area contributed by atoms with E-state index in [9.17, 15) is 29.4 Å². The molecule has 17 heteroatoms. The molecule has 0 aromatic heterocycles. The number of methoxy groups -OCH3 is 1. The van der Waals surface area contributed by atoms with Crippen molar-refractivity contribution in [2.75, 3.05) is 68.0 Å². The van der Waals surface area contributed by atoms with Gasteiger partial charge < -0.3 is 64.6 Å². The zero-order valence-electron chi connectivity index (χ0n) is 47.2. The van der Waals surface area contributed by atoms with Crippen LogP contribution in [-0.2, 0) is 13.2 Å². The van der Waals surface area contributed by atoms with E-state index in [1.165, 1.54) is 19.2 Å². The fourth-order valence-electron chi connectivity index (χ4n) is 7.50. The fourth-order valence-corrected chi connectivity index (χ4v) is 7.50. The molecular weight excluding hydrogens is 997 g/mol. The van der Waals surface area contributed by atoms with Gasteiger partial charge in [0.1, 0.15) is 40.2 Å². The normalized spacial score (nSPS) is 11.1. The third-order valence-electron chi connectivity index (χ3n) is 11.6. The minimum atomic E-state index is -0.674. The molecule has 0 aliphatic rings. The number of carbonyl (C=O) groups is 4. The molecule has 4 amide bonds. The lowest BCUT2D eigenvalue weighted by Crippen LogP contribution is -2.20. The van der Waals surface area contributed by atoms with Crippen LogP contribution in [0.4, 0.5) is 22.7 Å². The zero-order valence-corrected chi connectivity index (χ0v) is 47.2. The van der Waals surface area contributed by atoms with Gasteiger partial charge in [0.15, 0.2) is 0 Å². The number of aliphatic hydroxyl groups excluding tert-OH is 2. The van der Waals surface area contributed by atoms with Crippen LogP contribution in [0.2, 0.25) is 0 Å². The molecule has 0 saturated heterocycles. The summed E-state index contributed by atoms with van der Waals surface area (Å²) in [7, 11) is 1.35. The van der Waals surface area contributed by atoms with Gasteiger partial charge in [-0.3, -0.25) is 19.2 Å². The number of para-hydroxylation sites is 1. The van der Waals surface area contributed by atoms with Crippen molar-refractivity contribution in [3.8, 4) is 40.2 Å². The summed E-state index contributed by atoms with van der Waals surface area (Å²) in [6.45, 7) is 21.3. The van der Waals surface area contributed by atoms with Gasteiger partial charge in [0.25, 0.3) is 23.6 Å². The number of amides is 4. The maximum Gasteiger partial charge on any atom is 0.259 e. The summed E-state index contributed by atoms with van der Waals surface area (Å²) in [5.41, 5.74) is 2.18. The number of carbonyl (C=O) groups excluding carboxylic acids is 4. The highest BCUT2D eigenvalue weighted by atomic mass is 16.5. The third-order valence-corrected chi connectivity index (χ3v) is 11.6. The summed E-state index contributed by atoms with van der Waals surface area (Å²) < 4.78 is 42.9. The molecule has 0 atom stereocenters. The lowest BCUT2D eigenvalue weighted by Gasteiger charge is -2.21. The highest BCUT2D eigenvalue weighted by Crippen LogP contribution is 2.41. The Hall–Kier alpha value is -7.50. The SMILES string of the molecule is CCCCOc1ccc(CO)cc1C(=O)Nc1cc(NC(=O)c2cccc(C(=O)Nc3cc(NC(=O)c4cc(CO)ccc4OCCCC)c(OCC(C)C)cc3OCC(C)C)c2OC)c(OCC(C)C)cc1OCC(C)C. The third kappa shape index (κ3) is 17.8. The number of hydrogen-bond donors (Lipinski definition) is 6. The second-order valence-corrected chi connectivity index (χ2v) is 20.6. The topological polar surface area (TPSA) is 221 Å². The van der Waals surface area contributed by atoms with Gasteiger partial charge in [0, 0.05) is 12.1 Å². The van der Waals surface area contributed by atoms with Gasteiger partial charge in [0.2, 0.25) is 0 Å². The van der Waals surface area contributed by atoms with Gasteiger partial charge in [-0.25, -0.2) is 0 Å². The minimum absolute atomic E-state index is 0.0101. The van der Waals surface area contributed by atoms with E-state index in [1.807, 2.05) is 69.2 Å². The summed E-state index contributed by atoms with van der Waals surface area (Å²) in [6, 6.07) is 20.7. The summed E-state index contributed by atoms with van der Waals surface area (Å²) in [5, 5.41) is 31.8. The molecule has 17 nitrogen and oxygen atoms in total. The number of nitrogens with one attached hydrogen (secondary N) is 4. The first-order valence-electron chi connectivity index (χ1n) is 26.9. The monoisotopic (exact) mass is 1080 g/mol. The molecule has 0 radical (unpaired) electrons. The Morgan fingerprint density at radius 3 is 1.03 bits per heavy atom. The Bertz CT molecular complexity index is 2630. The fraction of sp³-hybridized carbons (Fsp3) is 0.443.